The molecule has 0 aromatic heterocycles. The summed E-state index contributed by atoms with van der Waals surface area (Å²) in [5.74, 6) is -1.33. The quantitative estimate of drug-likeness (QED) is 0.237. The normalized spacial score (nSPS) is 12.8. The van der Waals surface area contributed by atoms with Gasteiger partial charge in [-0.05, 0) is 72.8 Å². The highest BCUT2D eigenvalue weighted by molar-refractivity contribution is 7.49. The van der Waals surface area contributed by atoms with Crippen LogP contribution in [0.5, 0.6) is 17.2 Å². The van der Waals surface area contributed by atoms with E-state index >= 15 is 0 Å². The van der Waals surface area contributed by atoms with Crippen molar-refractivity contribution in [3.63, 3.8) is 0 Å². The summed E-state index contributed by atoms with van der Waals surface area (Å²) in [6.07, 6.45) is -14.1. The smallest absolute Gasteiger partial charge is 0.386 e. The van der Waals surface area contributed by atoms with Gasteiger partial charge >= 0.3 is 26.4 Å². The molecule has 0 aliphatic heterocycles. The fourth-order valence-electron chi connectivity index (χ4n) is 2.56. The van der Waals surface area contributed by atoms with Crippen LogP contribution in [-0.4, -0.2) is 0 Å². The largest absolute Gasteiger partial charge is 0.647 e. The Morgan fingerprint density at radius 2 is 0.629 bits per heavy atom. The molecule has 0 fully saturated rings. The van der Waals surface area contributed by atoms with Gasteiger partial charge in [-0.3, -0.25) is 0 Å². The fraction of sp³-hybridized carbons (Fsp3) is 0.143. The Labute approximate surface area is 191 Å². The number of phosphoric ester groups is 1. The van der Waals surface area contributed by atoms with Crippen molar-refractivity contribution in [1.82, 2.24) is 0 Å². The Morgan fingerprint density at radius 3 is 0.800 bits per heavy atom. The van der Waals surface area contributed by atoms with E-state index in [4.69, 9.17) is 13.6 Å². The van der Waals surface area contributed by atoms with E-state index in [1.165, 1.54) is 0 Å². The minimum atomic E-state index is -4.90. The van der Waals surface area contributed by atoms with E-state index in [0.717, 1.165) is 36.4 Å². The first kappa shape index (κ1) is 26.3. The molecular formula is C21H12F9O4P. The Bertz CT molecular complexity index is 1030. The third-order valence-electron chi connectivity index (χ3n) is 4.20. The van der Waals surface area contributed by atoms with Crippen LogP contribution in [-0.2, 0) is 23.1 Å². The summed E-state index contributed by atoms with van der Waals surface area (Å²) in [6.45, 7) is 0. The molecule has 35 heavy (non-hydrogen) atoms. The SMILES string of the molecule is O=P(Oc1ccc(C(F)(F)F)cc1)(Oc1ccc(C(F)(F)F)cc1)Oc1ccc(C(F)(F)F)cc1. The zero-order valence-electron chi connectivity index (χ0n) is 16.9. The first-order valence-electron chi connectivity index (χ1n) is 9.26. The standard InChI is InChI=1S/C21H12F9O4P/c22-19(23,24)13-1-7-16(8-2-13)32-35(31,33-17-9-3-14(4-10-17)20(25,26)27)34-18-11-5-15(6-12-18)21(28,29)30/h1-12H. The second-order valence-electron chi connectivity index (χ2n) is 6.79. The molecule has 188 valence electrons. The number of alkyl halides is 9. The lowest BCUT2D eigenvalue weighted by atomic mass is 10.2. The van der Waals surface area contributed by atoms with Gasteiger partial charge in [0.2, 0.25) is 0 Å². The predicted molar refractivity (Wildman–Crippen MR) is 104 cm³/mol. The maximum atomic E-state index is 13.2. The van der Waals surface area contributed by atoms with Crippen molar-refractivity contribution in [2.45, 2.75) is 18.5 Å². The Morgan fingerprint density at radius 1 is 0.429 bits per heavy atom. The molecule has 0 atom stereocenters. The number of phosphoric acid groups is 1. The van der Waals surface area contributed by atoms with Crippen molar-refractivity contribution >= 4 is 7.82 Å². The summed E-state index contributed by atoms with van der Waals surface area (Å²) in [6, 6.07) is 8.24. The monoisotopic (exact) mass is 530 g/mol. The number of rotatable bonds is 6. The van der Waals surface area contributed by atoms with Crippen LogP contribution in [0, 0.1) is 0 Å². The Balaban J connectivity index is 1.90. The van der Waals surface area contributed by atoms with Crippen molar-refractivity contribution in [2.75, 3.05) is 0 Å². The summed E-state index contributed by atoms with van der Waals surface area (Å²) in [4.78, 5) is 0. The molecule has 0 spiro atoms. The van der Waals surface area contributed by atoms with Gasteiger partial charge in [0.1, 0.15) is 17.2 Å². The van der Waals surface area contributed by atoms with Gasteiger partial charge < -0.3 is 13.6 Å². The average Bonchev–Trinajstić information content (AvgIpc) is 2.72. The summed E-state index contributed by atoms with van der Waals surface area (Å²) in [5, 5.41) is 0. The van der Waals surface area contributed by atoms with Crippen LogP contribution in [0.1, 0.15) is 16.7 Å². The molecule has 0 bridgehead atoms. The Hall–Kier alpha value is -3.34. The lowest BCUT2D eigenvalue weighted by Crippen LogP contribution is -2.09. The molecule has 0 aliphatic rings. The van der Waals surface area contributed by atoms with Crippen LogP contribution in [0.15, 0.2) is 72.8 Å². The van der Waals surface area contributed by atoms with Crippen molar-refractivity contribution in [3.05, 3.63) is 89.5 Å². The number of benzene rings is 3. The molecule has 4 nitrogen and oxygen atoms in total. The van der Waals surface area contributed by atoms with Gasteiger partial charge in [0.15, 0.2) is 0 Å². The average molecular weight is 530 g/mol. The molecule has 0 heterocycles. The third kappa shape index (κ3) is 7.08. The maximum Gasteiger partial charge on any atom is 0.647 e. The van der Waals surface area contributed by atoms with Crippen LogP contribution in [0.4, 0.5) is 39.5 Å². The zero-order valence-corrected chi connectivity index (χ0v) is 17.8. The van der Waals surface area contributed by atoms with E-state index in [1.54, 1.807) is 0 Å². The highest BCUT2D eigenvalue weighted by Crippen LogP contribution is 2.50. The lowest BCUT2D eigenvalue weighted by Gasteiger charge is -2.20. The second kappa shape index (κ2) is 9.37. The van der Waals surface area contributed by atoms with Crippen molar-refractivity contribution in [1.29, 1.82) is 0 Å². The molecule has 3 rings (SSSR count). The van der Waals surface area contributed by atoms with E-state index in [0.29, 0.717) is 36.4 Å². The van der Waals surface area contributed by atoms with Crippen molar-refractivity contribution in [3.8, 4) is 17.2 Å². The Kier molecular flexibility index (Phi) is 7.03. The summed E-state index contributed by atoms with van der Waals surface area (Å²) >= 11 is 0. The molecule has 0 saturated heterocycles. The third-order valence-corrected chi connectivity index (χ3v) is 5.50. The number of hydrogen-bond acceptors (Lipinski definition) is 4. The molecule has 0 amide bonds. The van der Waals surface area contributed by atoms with Gasteiger partial charge in [-0.2, -0.15) is 44.1 Å². The molecular weight excluding hydrogens is 518 g/mol. The fourth-order valence-corrected chi connectivity index (χ4v) is 3.81. The van der Waals surface area contributed by atoms with Crippen molar-refractivity contribution in [2.24, 2.45) is 0 Å². The topological polar surface area (TPSA) is 44.8 Å². The second-order valence-corrected chi connectivity index (χ2v) is 8.23. The van der Waals surface area contributed by atoms with Gasteiger partial charge in [-0.1, -0.05) is 0 Å². The number of hydrogen-bond donors (Lipinski definition) is 0. The van der Waals surface area contributed by atoms with E-state index in [2.05, 4.69) is 0 Å². The van der Waals surface area contributed by atoms with Gasteiger partial charge in [-0.15, -0.1) is 0 Å². The maximum absolute atomic E-state index is 13.2. The lowest BCUT2D eigenvalue weighted by molar-refractivity contribution is -0.138. The van der Waals surface area contributed by atoms with Gasteiger partial charge in [0, 0.05) is 0 Å². The molecule has 14 heteroatoms. The van der Waals surface area contributed by atoms with Crippen LogP contribution < -0.4 is 13.6 Å². The first-order chi connectivity index (χ1) is 16.1. The highest BCUT2D eigenvalue weighted by atomic mass is 31.2. The zero-order chi connectivity index (χ0) is 26.1. The van der Waals surface area contributed by atoms with Gasteiger partial charge in [0.25, 0.3) is 0 Å². The van der Waals surface area contributed by atoms with Gasteiger partial charge in [0.05, 0.1) is 16.7 Å². The molecule has 0 saturated carbocycles. The highest BCUT2D eigenvalue weighted by Gasteiger charge is 2.36. The first-order valence-corrected chi connectivity index (χ1v) is 10.7. The van der Waals surface area contributed by atoms with Gasteiger partial charge in [-0.25, -0.2) is 0 Å². The molecule has 0 N–H and O–H groups in total. The van der Waals surface area contributed by atoms with Crippen LogP contribution in [0.3, 0.4) is 0 Å². The van der Waals surface area contributed by atoms with E-state index in [1.807, 2.05) is 0 Å². The van der Waals surface area contributed by atoms with Crippen LogP contribution >= 0.6 is 7.82 Å². The summed E-state index contributed by atoms with van der Waals surface area (Å²) < 4.78 is 143. The molecule has 3 aromatic rings. The summed E-state index contributed by atoms with van der Waals surface area (Å²) in [7, 11) is -4.90. The molecule has 0 aliphatic carbocycles. The van der Waals surface area contributed by atoms with Crippen molar-refractivity contribution < 1.29 is 57.7 Å². The molecule has 0 radical (unpaired) electrons. The van der Waals surface area contributed by atoms with Crippen LogP contribution in [0.2, 0.25) is 0 Å². The predicted octanol–water partition coefficient (Wildman–Crippen LogP) is 8.39. The van der Waals surface area contributed by atoms with E-state index < -0.39 is 60.3 Å². The summed E-state index contributed by atoms with van der Waals surface area (Å²) in [5.41, 5.74) is -3.19. The molecule has 0 unspecified atom stereocenters. The van der Waals surface area contributed by atoms with Crippen LogP contribution in [0.25, 0.3) is 0 Å². The van der Waals surface area contributed by atoms with E-state index in [-0.39, 0.29) is 0 Å². The van der Waals surface area contributed by atoms with E-state index in [9.17, 15) is 44.1 Å². The minimum Gasteiger partial charge on any atom is -0.386 e. The minimum absolute atomic E-state index is 0.444. The molecule has 3 aromatic carbocycles. The number of halogens is 9.